The topological polar surface area (TPSA) is 17.1 Å². The standard InChI is InChI=1S/C12H12BrClO/c1-12(2,13)11(15)8-5-9-3-6-10(14)7-4-9/h3-8H,1-2H3/b8-5+. The molecular formula is C12H12BrClO. The van der Waals surface area contributed by atoms with E-state index in [9.17, 15) is 4.79 Å². The monoisotopic (exact) mass is 286 g/mol. The molecule has 0 radical (unpaired) electrons. The third kappa shape index (κ3) is 4.18. The van der Waals surface area contributed by atoms with Gasteiger partial charge in [-0.05, 0) is 37.6 Å². The zero-order valence-electron chi connectivity index (χ0n) is 8.63. The second-order valence-corrected chi connectivity index (χ2v) is 6.14. The molecule has 1 rings (SSSR count). The highest BCUT2D eigenvalue weighted by molar-refractivity contribution is 9.10. The van der Waals surface area contributed by atoms with Crippen molar-refractivity contribution in [2.45, 2.75) is 18.2 Å². The molecule has 0 N–H and O–H groups in total. The van der Waals surface area contributed by atoms with Crippen LogP contribution in [-0.4, -0.2) is 10.1 Å². The predicted molar refractivity (Wildman–Crippen MR) is 68.5 cm³/mol. The minimum atomic E-state index is -0.504. The van der Waals surface area contributed by atoms with E-state index in [0.717, 1.165) is 5.56 Å². The molecule has 0 unspecified atom stereocenters. The number of benzene rings is 1. The number of hydrogen-bond acceptors (Lipinski definition) is 1. The van der Waals surface area contributed by atoms with Gasteiger partial charge in [0.15, 0.2) is 5.78 Å². The zero-order valence-corrected chi connectivity index (χ0v) is 11.0. The lowest BCUT2D eigenvalue weighted by molar-refractivity contribution is -0.115. The van der Waals surface area contributed by atoms with E-state index < -0.39 is 4.32 Å². The molecule has 0 bridgehead atoms. The fourth-order valence-electron chi connectivity index (χ4n) is 0.944. The number of rotatable bonds is 3. The van der Waals surface area contributed by atoms with E-state index in [1.54, 1.807) is 24.3 Å². The van der Waals surface area contributed by atoms with Crippen LogP contribution in [0.2, 0.25) is 5.02 Å². The first kappa shape index (κ1) is 12.5. The van der Waals surface area contributed by atoms with E-state index in [4.69, 9.17) is 11.6 Å². The van der Waals surface area contributed by atoms with Crippen LogP contribution in [0.3, 0.4) is 0 Å². The Hall–Kier alpha value is -0.600. The molecule has 1 aromatic carbocycles. The van der Waals surface area contributed by atoms with E-state index in [0.29, 0.717) is 5.02 Å². The Bertz CT molecular complexity index is 374. The summed E-state index contributed by atoms with van der Waals surface area (Å²) >= 11 is 9.06. The number of carbonyl (C=O) groups is 1. The van der Waals surface area contributed by atoms with Gasteiger partial charge in [0.1, 0.15) is 0 Å². The van der Waals surface area contributed by atoms with Gasteiger partial charge in [0.2, 0.25) is 0 Å². The summed E-state index contributed by atoms with van der Waals surface area (Å²) in [5, 5.41) is 0.694. The summed E-state index contributed by atoms with van der Waals surface area (Å²) in [5.41, 5.74) is 0.963. The van der Waals surface area contributed by atoms with Crippen molar-refractivity contribution >= 4 is 39.4 Å². The summed E-state index contributed by atoms with van der Waals surface area (Å²) in [6.07, 6.45) is 3.35. The van der Waals surface area contributed by atoms with Crippen LogP contribution in [0.1, 0.15) is 19.4 Å². The summed E-state index contributed by atoms with van der Waals surface area (Å²) in [5.74, 6) is 0.0393. The molecule has 0 atom stereocenters. The second kappa shape index (κ2) is 4.95. The SMILES string of the molecule is CC(C)(Br)C(=O)/C=C/c1ccc(Cl)cc1. The molecule has 1 nitrogen and oxygen atoms in total. The average molecular weight is 288 g/mol. The highest BCUT2D eigenvalue weighted by Crippen LogP contribution is 2.18. The van der Waals surface area contributed by atoms with Gasteiger partial charge >= 0.3 is 0 Å². The molecule has 0 spiro atoms. The van der Waals surface area contributed by atoms with E-state index in [1.807, 2.05) is 26.0 Å². The Balaban J connectivity index is 2.74. The number of carbonyl (C=O) groups excluding carboxylic acids is 1. The minimum absolute atomic E-state index is 0.0393. The number of alkyl halides is 1. The van der Waals surface area contributed by atoms with E-state index in [2.05, 4.69) is 15.9 Å². The summed E-state index contributed by atoms with van der Waals surface area (Å²) in [6.45, 7) is 3.64. The van der Waals surface area contributed by atoms with Crippen molar-refractivity contribution in [3.8, 4) is 0 Å². The van der Waals surface area contributed by atoms with Crippen LogP contribution >= 0.6 is 27.5 Å². The van der Waals surface area contributed by atoms with Gasteiger partial charge < -0.3 is 0 Å². The molecule has 80 valence electrons. The minimum Gasteiger partial charge on any atom is -0.293 e. The van der Waals surface area contributed by atoms with Crippen molar-refractivity contribution in [1.82, 2.24) is 0 Å². The lowest BCUT2D eigenvalue weighted by atomic mass is 10.1. The molecule has 15 heavy (non-hydrogen) atoms. The van der Waals surface area contributed by atoms with Crippen LogP contribution in [0.25, 0.3) is 6.08 Å². The van der Waals surface area contributed by atoms with Gasteiger partial charge in [0.05, 0.1) is 4.32 Å². The highest BCUT2D eigenvalue weighted by Gasteiger charge is 2.20. The Morgan fingerprint density at radius 3 is 2.33 bits per heavy atom. The molecule has 0 fully saturated rings. The lowest BCUT2D eigenvalue weighted by Gasteiger charge is -2.10. The molecule has 0 saturated heterocycles. The maximum absolute atomic E-state index is 11.5. The first-order valence-electron chi connectivity index (χ1n) is 4.56. The molecule has 0 aliphatic rings. The Morgan fingerprint density at radius 2 is 1.87 bits per heavy atom. The fourth-order valence-corrected chi connectivity index (χ4v) is 1.20. The number of allylic oxidation sites excluding steroid dienone is 1. The Labute approximate surface area is 103 Å². The average Bonchev–Trinajstić information content (AvgIpc) is 2.15. The normalized spacial score (nSPS) is 12.0. The van der Waals surface area contributed by atoms with Crippen LogP contribution < -0.4 is 0 Å². The third-order valence-corrected chi connectivity index (χ3v) is 2.53. The molecule has 3 heteroatoms. The Morgan fingerprint density at radius 1 is 1.33 bits per heavy atom. The molecule has 0 aromatic heterocycles. The largest absolute Gasteiger partial charge is 0.293 e. The van der Waals surface area contributed by atoms with Gasteiger partial charge in [0, 0.05) is 5.02 Å². The first-order chi connectivity index (χ1) is 6.89. The summed E-state index contributed by atoms with van der Waals surface area (Å²) in [7, 11) is 0. The maximum Gasteiger partial charge on any atom is 0.171 e. The molecule has 1 aromatic rings. The van der Waals surface area contributed by atoms with Crippen molar-refractivity contribution in [3.63, 3.8) is 0 Å². The Kier molecular flexibility index (Phi) is 4.12. The smallest absolute Gasteiger partial charge is 0.171 e. The van der Waals surface area contributed by atoms with Gasteiger partial charge in [-0.3, -0.25) is 4.79 Å². The van der Waals surface area contributed by atoms with Gasteiger partial charge in [-0.1, -0.05) is 45.7 Å². The number of hydrogen-bond donors (Lipinski definition) is 0. The van der Waals surface area contributed by atoms with E-state index >= 15 is 0 Å². The lowest BCUT2D eigenvalue weighted by Crippen LogP contribution is -2.21. The predicted octanol–water partition coefficient (Wildman–Crippen LogP) is 4.10. The van der Waals surface area contributed by atoms with Crippen LogP contribution in [0.4, 0.5) is 0 Å². The summed E-state index contributed by atoms with van der Waals surface area (Å²) in [6, 6.07) is 7.33. The molecule has 0 amide bonds. The highest BCUT2D eigenvalue weighted by atomic mass is 79.9. The van der Waals surface area contributed by atoms with Crippen LogP contribution in [0, 0.1) is 0 Å². The van der Waals surface area contributed by atoms with Gasteiger partial charge in [-0.2, -0.15) is 0 Å². The van der Waals surface area contributed by atoms with Crippen molar-refractivity contribution < 1.29 is 4.79 Å². The van der Waals surface area contributed by atoms with Crippen LogP contribution in [0.15, 0.2) is 30.3 Å². The second-order valence-electron chi connectivity index (χ2n) is 3.72. The van der Waals surface area contributed by atoms with E-state index in [1.165, 1.54) is 0 Å². The van der Waals surface area contributed by atoms with Crippen molar-refractivity contribution in [1.29, 1.82) is 0 Å². The molecule has 0 aliphatic heterocycles. The first-order valence-corrected chi connectivity index (χ1v) is 5.74. The summed E-state index contributed by atoms with van der Waals surface area (Å²) < 4.78 is -0.504. The van der Waals surface area contributed by atoms with Gasteiger partial charge in [-0.25, -0.2) is 0 Å². The third-order valence-electron chi connectivity index (χ3n) is 1.88. The zero-order chi connectivity index (χ0) is 11.5. The molecule has 0 aliphatic carbocycles. The maximum atomic E-state index is 11.5. The van der Waals surface area contributed by atoms with Crippen molar-refractivity contribution in [2.24, 2.45) is 0 Å². The van der Waals surface area contributed by atoms with Gasteiger partial charge in [0.25, 0.3) is 0 Å². The van der Waals surface area contributed by atoms with Gasteiger partial charge in [-0.15, -0.1) is 0 Å². The summed E-state index contributed by atoms with van der Waals surface area (Å²) in [4.78, 5) is 11.5. The van der Waals surface area contributed by atoms with Crippen molar-refractivity contribution in [2.75, 3.05) is 0 Å². The molecule has 0 saturated carbocycles. The van der Waals surface area contributed by atoms with Crippen LogP contribution in [0.5, 0.6) is 0 Å². The molecule has 0 heterocycles. The number of halogens is 2. The fraction of sp³-hybridized carbons (Fsp3) is 0.250. The quantitative estimate of drug-likeness (QED) is 0.604. The van der Waals surface area contributed by atoms with Crippen molar-refractivity contribution in [3.05, 3.63) is 40.9 Å². The molecular weight excluding hydrogens is 275 g/mol. The van der Waals surface area contributed by atoms with Crippen LogP contribution in [-0.2, 0) is 4.79 Å². The van der Waals surface area contributed by atoms with E-state index in [-0.39, 0.29) is 5.78 Å². The number of ketones is 1.